The standard InChI is InChI=1S/C18H18O2/c1-12(19)13-4-6-14(7-5-13)15-8-9-17-16(10-15)18(2,3)11-20-17/h4-10H,11H2,1-3H3. The molecule has 0 radical (unpaired) electrons. The predicted molar refractivity (Wildman–Crippen MR) is 80.4 cm³/mol. The Labute approximate surface area is 119 Å². The third-order valence-electron chi connectivity index (χ3n) is 3.92. The van der Waals surface area contributed by atoms with E-state index in [2.05, 4.69) is 26.0 Å². The minimum absolute atomic E-state index is 0.0602. The molecular formula is C18H18O2. The maximum atomic E-state index is 11.3. The summed E-state index contributed by atoms with van der Waals surface area (Å²) in [5.41, 5.74) is 4.35. The van der Waals surface area contributed by atoms with E-state index < -0.39 is 0 Å². The molecule has 3 rings (SSSR count). The van der Waals surface area contributed by atoms with Crippen molar-refractivity contribution in [3.63, 3.8) is 0 Å². The van der Waals surface area contributed by atoms with Crippen LogP contribution in [0.2, 0.25) is 0 Å². The van der Waals surface area contributed by atoms with Crippen LogP contribution in [0.5, 0.6) is 5.75 Å². The second kappa shape index (κ2) is 4.48. The lowest BCUT2D eigenvalue weighted by Crippen LogP contribution is -2.18. The van der Waals surface area contributed by atoms with Gasteiger partial charge >= 0.3 is 0 Å². The quantitative estimate of drug-likeness (QED) is 0.760. The van der Waals surface area contributed by atoms with Gasteiger partial charge in [0.05, 0.1) is 6.61 Å². The van der Waals surface area contributed by atoms with Crippen LogP contribution in [0.4, 0.5) is 0 Å². The summed E-state index contributed by atoms with van der Waals surface area (Å²) in [6, 6.07) is 14.1. The molecule has 2 aromatic carbocycles. The summed E-state index contributed by atoms with van der Waals surface area (Å²) in [5, 5.41) is 0. The number of carbonyl (C=O) groups excluding carboxylic acids is 1. The maximum Gasteiger partial charge on any atom is 0.159 e. The Kier molecular flexibility index (Phi) is 2.89. The van der Waals surface area contributed by atoms with E-state index in [1.165, 1.54) is 5.56 Å². The van der Waals surface area contributed by atoms with Gasteiger partial charge in [0.15, 0.2) is 5.78 Å². The highest BCUT2D eigenvalue weighted by atomic mass is 16.5. The minimum Gasteiger partial charge on any atom is -0.492 e. The first-order valence-corrected chi connectivity index (χ1v) is 6.86. The molecule has 0 saturated carbocycles. The van der Waals surface area contributed by atoms with Crippen LogP contribution in [0, 0.1) is 0 Å². The van der Waals surface area contributed by atoms with E-state index in [9.17, 15) is 4.79 Å². The molecule has 2 nitrogen and oxygen atoms in total. The SMILES string of the molecule is CC(=O)c1ccc(-c2ccc3c(c2)C(C)(C)CO3)cc1. The van der Waals surface area contributed by atoms with Gasteiger partial charge in [-0.15, -0.1) is 0 Å². The second-order valence-corrected chi connectivity index (χ2v) is 6.02. The highest BCUT2D eigenvalue weighted by Crippen LogP contribution is 2.40. The Morgan fingerprint density at radius 2 is 1.70 bits per heavy atom. The molecule has 0 N–H and O–H groups in total. The van der Waals surface area contributed by atoms with Crippen molar-refractivity contribution in [3.05, 3.63) is 53.6 Å². The van der Waals surface area contributed by atoms with Crippen LogP contribution in [-0.4, -0.2) is 12.4 Å². The van der Waals surface area contributed by atoms with Gasteiger partial charge in [-0.2, -0.15) is 0 Å². The lowest BCUT2D eigenvalue weighted by molar-refractivity contribution is 0.101. The van der Waals surface area contributed by atoms with Gasteiger partial charge in [0.1, 0.15) is 5.75 Å². The zero-order valence-corrected chi connectivity index (χ0v) is 12.1. The van der Waals surface area contributed by atoms with Crippen LogP contribution in [-0.2, 0) is 5.41 Å². The van der Waals surface area contributed by atoms with Gasteiger partial charge in [-0.1, -0.05) is 44.2 Å². The van der Waals surface area contributed by atoms with Gasteiger partial charge < -0.3 is 4.74 Å². The summed E-state index contributed by atoms with van der Waals surface area (Å²) in [6.45, 7) is 6.71. The molecule has 102 valence electrons. The van der Waals surface area contributed by atoms with Crippen LogP contribution in [0.25, 0.3) is 11.1 Å². The monoisotopic (exact) mass is 266 g/mol. The summed E-state index contributed by atoms with van der Waals surface area (Å²) >= 11 is 0. The van der Waals surface area contributed by atoms with Crippen LogP contribution in [0.15, 0.2) is 42.5 Å². The number of carbonyl (C=O) groups is 1. The summed E-state index contributed by atoms with van der Waals surface area (Å²) in [6.07, 6.45) is 0. The molecule has 0 bridgehead atoms. The normalized spacial score (nSPS) is 15.6. The van der Waals surface area contributed by atoms with Gasteiger partial charge in [-0.3, -0.25) is 4.79 Å². The lowest BCUT2D eigenvalue weighted by atomic mass is 9.85. The summed E-state index contributed by atoms with van der Waals surface area (Å²) < 4.78 is 5.71. The average Bonchev–Trinajstić information content (AvgIpc) is 2.74. The number of fused-ring (bicyclic) bond motifs is 1. The van der Waals surface area contributed by atoms with Crippen molar-refractivity contribution in [2.75, 3.05) is 6.61 Å². The largest absolute Gasteiger partial charge is 0.492 e. The topological polar surface area (TPSA) is 26.3 Å². The Hall–Kier alpha value is -2.09. The van der Waals surface area contributed by atoms with Crippen molar-refractivity contribution in [3.8, 4) is 16.9 Å². The maximum absolute atomic E-state index is 11.3. The molecule has 0 unspecified atom stereocenters. The molecule has 20 heavy (non-hydrogen) atoms. The molecular weight excluding hydrogens is 248 g/mol. The summed E-state index contributed by atoms with van der Waals surface area (Å²) in [4.78, 5) is 11.3. The highest BCUT2D eigenvalue weighted by Gasteiger charge is 2.31. The van der Waals surface area contributed by atoms with Gasteiger partial charge in [0.25, 0.3) is 0 Å². The number of ether oxygens (including phenoxy) is 1. The van der Waals surface area contributed by atoms with E-state index in [-0.39, 0.29) is 11.2 Å². The van der Waals surface area contributed by atoms with Gasteiger partial charge in [0.2, 0.25) is 0 Å². The number of benzene rings is 2. The minimum atomic E-state index is 0.0602. The zero-order chi connectivity index (χ0) is 14.3. The molecule has 0 fully saturated rings. The first-order chi connectivity index (χ1) is 9.47. The van der Waals surface area contributed by atoms with Crippen LogP contribution in [0.3, 0.4) is 0 Å². The van der Waals surface area contributed by atoms with Crippen molar-refractivity contribution in [2.24, 2.45) is 0 Å². The zero-order valence-electron chi connectivity index (χ0n) is 12.1. The van der Waals surface area contributed by atoms with Crippen molar-refractivity contribution >= 4 is 5.78 Å². The molecule has 0 aromatic heterocycles. The fourth-order valence-corrected chi connectivity index (χ4v) is 2.60. The smallest absolute Gasteiger partial charge is 0.159 e. The molecule has 2 heteroatoms. The number of rotatable bonds is 2. The van der Waals surface area contributed by atoms with Crippen molar-refractivity contribution in [1.29, 1.82) is 0 Å². The Balaban J connectivity index is 2.01. The Bertz CT molecular complexity index is 666. The van der Waals surface area contributed by atoms with E-state index >= 15 is 0 Å². The van der Waals surface area contributed by atoms with Crippen molar-refractivity contribution in [2.45, 2.75) is 26.2 Å². The third kappa shape index (κ3) is 2.11. The van der Waals surface area contributed by atoms with Gasteiger partial charge in [-0.05, 0) is 30.2 Å². The Morgan fingerprint density at radius 1 is 1.05 bits per heavy atom. The van der Waals surface area contributed by atoms with Crippen molar-refractivity contribution in [1.82, 2.24) is 0 Å². The predicted octanol–water partition coefficient (Wildman–Crippen LogP) is 4.23. The number of ketones is 1. The number of hydrogen-bond donors (Lipinski definition) is 0. The molecule has 1 aliphatic heterocycles. The third-order valence-corrected chi connectivity index (χ3v) is 3.92. The van der Waals surface area contributed by atoms with E-state index in [1.54, 1.807) is 6.92 Å². The molecule has 0 spiro atoms. The highest BCUT2D eigenvalue weighted by molar-refractivity contribution is 5.94. The second-order valence-electron chi connectivity index (χ2n) is 6.02. The van der Waals surface area contributed by atoms with Gasteiger partial charge in [0, 0.05) is 16.5 Å². The van der Waals surface area contributed by atoms with Crippen LogP contribution < -0.4 is 4.74 Å². The molecule has 0 amide bonds. The first kappa shape index (κ1) is 12.9. The summed E-state index contributed by atoms with van der Waals surface area (Å²) in [5.74, 6) is 1.08. The van der Waals surface area contributed by atoms with Crippen molar-refractivity contribution < 1.29 is 9.53 Å². The van der Waals surface area contributed by atoms with E-state index in [0.717, 1.165) is 29.0 Å². The van der Waals surface area contributed by atoms with E-state index in [1.807, 2.05) is 30.3 Å². The van der Waals surface area contributed by atoms with E-state index in [0.29, 0.717) is 0 Å². The first-order valence-electron chi connectivity index (χ1n) is 6.86. The summed E-state index contributed by atoms with van der Waals surface area (Å²) in [7, 11) is 0. The van der Waals surface area contributed by atoms with Crippen LogP contribution in [0.1, 0.15) is 36.7 Å². The molecule has 1 heterocycles. The Morgan fingerprint density at radius 3 is 2.35 bits per heavy atom. The van der Waals surface area contributed by atoms with E-state index in [4.69, 9.17) is 4.74 Å². The molecule has 0 aliphatic carbocycles. The lowest BCUT2D eigenvalue weighted by Gasteiger charge is -2.16. The molecule has 1 aliphatic rings. The van der Waals surface area contributed by atoms with Crippen LogP contribution >= 0.6 is 0 Å². The number of Topliss-reactive ketones (excluding diaryl/α,β-unsaturated/α-hetero) is 1. The molecule has 0 atom stereocenters. The van der Waals surface area contributed by atoms with Gasteiger partial charge in [-0.25, -0.2) is 0 Å². The molecule has 0 saturated heterocycles. The fraction of sp³-hybridized carbons (Fsp3) is 0.278. The molecule has 2 aromatic rings. The fourth-order valence-electron chi connectivity index (χ4n) is 2.60. The average molecular weight is 266 g/mol. The number of hydrogen-bond acceptors (Lipinski definition) is 2.